The predicted molar refractivity (Wildman–Crippen MR) is 143 cm³/mol. The number of ether oxygens (including phenoxy) is 1. The summed E-state index contributed by atoms with van der Waals surface area (Å²) in [7, 11) is -2.59. The molecular formula is C26H26ClN5O4S. The molecule has 11 heteroatoms. The number of sulfonamides is 1. The first-order chi connectivity index (χ1) is 17.7. The fraction of sp³-hybridized carbons (Fsp3) is 0.192. The summed E-state index contributed by atoms with van der Waals surface area (Å²) < 4.78 is 34.1. The van der Waals surface area contributed by atoms with Crippen molar-refractivity contribution in [2.24, 2.45) is 15.8 Å². The van der Waals surface area contributed by atoms with Gasteiger partial charge in [0, 0.05) is 10.9 Å². The van der Waals surface area contributed by atoms with Gasteiger partial charge in [0.05, 0.1) is 24.3 Å². The number of halogens is 1. The van der Waals surface area contributed by atoms with Crippen molar-refractivity contribution in [1.29, 1.82) is 0 Å². The van der Waals surface area contributed by atoms with Gasteiger partial charge in [-0.25, -0.2) is 23.1 Å². The van der Waals surface area contributed by atoms with Gasteiger partial charge < -0.3 is 10.5 Å². The number of nitrogens with two attached hydrogens (primary N) is 1. The minimum atomic E-state index is -4.08. The van der Waals surface area contributed by atoms with E-state index in [-0.39, 0.29) is 23.3 Å². The van der Waals surface area contributed by atoms with E-state index in [1.54, 1.807) is 12.1 Å². The normalized spacial score (nSPS) is 16.7. The molecule has 0 aromatic heterocycles. The molecule has 0 radical (unpaired) electrons. The molecule has 0 aliphatic carbocycles. The Balaban J connectivity index is 1.75. The number of hydrazone groups is 1. The van der Waals surface area contributed by atoms with Gasteiger partial charge in [-0.15, -0.1) is 0 Å². The van der Waals surface area contributed by atoms with Crippen molar-refractivity contribution < 1.29 is 17.9 Å². The number of hydrogen-bond acceptors (Lipinski definition) is 6. The highest BCUT2D eigenvalue weighted by Crippen LogP contribution is 2.30. The molecule has 37 heavy (non-hydrogen) atoms. The van der Waals surface area contributed by atoms with Gasteiger partial charge in [-0.1, -0.05) is 54.1 Å². The molecule has 2 atom stereocenters. The largest absolute Gasteiger partial charge is 0.497 e. The molecule has 0 saturated heterocycles. The van der Waals surface area contributed by atoms with Crippen LogP contribution in [-0.2, 0) is 14.8 Å². The number of nitrogens with zero attached hydrogens (tertiary/aromatic N) is 3. The minimum absolute atomic E-state index is 0.00608. The number of carbonyl (C=O) groups excluding carboxylic acids is 1. The topological polar surface area (TPSA) is 126 Å². The maximum atomic E-state index is 13.3. The molecule has 1 aliphatic rings. The molecule has 3 N–H and O–H groups in total. The van der Waals surface area contributed by atoms with Crippen LogP contribution in [0.1, 0.15) is 24.0 Å². The number of nitrogens with one attached hydrogen (secondary N) is 1. The molecule has 0 saturated carbocycles. The van der Waals surface area contributed by atoms with Crippen molar-refractivity contribution in [3.05, 3.63) is 95.0 Å². The maximum Gasteiger partial charge on any atom is 0.264 e. The molecule has 4 rings (SSSR count). The number of guanidine groups is 1. The Labute approximate surface area is 220 Å². The number of hydrogen-bond donors (Lipinski definition) is 2. The molecular weight excluding hydrogens is 514 g/mol. The quantitative estimate of drug-likeness (QED) is 0.351. The molecule has 0 spiro atoms. The summed E-state index contributed by atoms with van der Waals surface area (Å²) in [6.07, 6.45) is 0. The molecule has 0 bridgehead atoms. The van der Waals surface area contributed by atoms with Gasteiger partial charge >= 0.3 is 0 Å². The van der Waals surface area contributed by atoms with E-state index in [0.717, 1.165) is 11.1 Å². The first-order valence-electron chi connectivity index (χ1n) is 11.4. The highest BCUT2D eigenvalue weighted by Gasteiger charge is 2.33. The van der Waals surface area contributed by atoms with Crippen molar-refractivity contribution in [3.63, 3.8) is 0 Å². The Bertz CT molecular complexity index is 1430. The molecule has 3 aromatic rings. The van der Waals surface area contributed by atoms with Gasteiger partial charge in [-0.3, -0.25) is 4.79 Å². The van der Waals surface area contributed by atoms with E-state index in [9.17, 15) is 13.2 Å². The van der Waals surface area contributed by atoms with Crippen molar-refractivity contribution in [1.82, 2.24) is 9.73 Å². The van der Waals surface area contributed by atoms with Gasteiger partial charge in [0.2, 0.25) is 11.9 Å². The Hall–Kier alpha value is -3.89. The lowest BCUT2D eigenvalue weighted by atomic mass is 9.91. The standard InChI is InChI=1S/C26H26ClN5O4S/c1-17(25(28)33)29-26(31-37(34,35)22-14-12-21(36-2)13-15-22)32-16-23(18-6-4-3-5-7-18)24(30-32)19-8-10-20(27)11-9-19/h3-15,17,23H,16H2,1-2H3,(H2,28,33)(H,29,31). The Morgan fingerprint density at radius 3 is 2.35 bits per heavy atom. The SMILES string of the molecule is COc1ccc(S(=O)(=O)NC(=NC(C)C(N)=O)N2CC(c3ccccc3)C(c3ccc(Cl)cc3)=N2)cc1. The average molecular weight is 540 g/mol. The van der Waals surface area contributed by atoms with Gasteiger partial charge in [-0.05, 0) is 54.4 Å². The van der Waals surface area contributed by atoms with Crippen molar-refractivity contribution in [2.45, 2.75) is 23.8 Å². The van der Waals surface area contributed by atoms with Crippen LogP contribution in [0.3, 0.4) is 0 Å². The number of methoxy groups -OCH3 is 1. The maximum absolute atomic E-state index is 13.3. The van der Waals surface area contributed by atoms with Crippen LogP contribution in [-0.4, -0.2) is 50.7 Å². The minimum Gasteiger partial charge on any atom is -0.497 e. The highest BCUT2D eigenvalue weighted by atomic mass is 35.5. The Kier molecular flexibility index (Phi) is 7.80. The zero-order chi connectivity index (χ0) is 26.6. The Morgan fingerprint density at radius 2 is 1.76 bits per heavy atom. The van der Waals surface area contributed by atoms with E-state index in [0.29, 0.717) is 16.5 Å². The van der Waals surface area contributed by atoms with E-state index in [1.807, 2.05) is 42.5 Å². The number of benzene rings is 3. The summed E-state index contributed by atoms with van der Waals surface area (Å²) in [5, 5.41) is 6.77. The smallest absolute Gasteiger partial charge is 0.264 e. The van der Waals surface area contributed by atoms with E-state index in [2.05, 4.69) is 9.71 Å². The van der Waals surface area contributed by atoms with Crippen LogP contribution in [0.25, 0.3) is 0 Å². The van der Waals surface area contributed by atoms with E-state index < -0.39 is 22.0 Å². The van der Waals surface area contributed by atoms with E-state index >= 15 is 0 Å². The number of primary amides is 1. The molecule has 192 valence electrons. The number of carbonyl (C=O) groups is 1. The first-order valence-corrected chi connectivity index (χ1v) is 13.2. The van der Waals surface area contributed by atoms with E-state index in [1.165, 1.54) is 43.3 Å². The summed E-state index contributed by atoms with van der Waals surface area (Å²) in [6, 6.07) is 21.8. The average Bonchev–Trinajstić information content (AvgIpc) is 3.34. The molecule has 3 aromatic carbocycles. The van der Waals surface area contributed by atoms with E-state index in [4.69, 9.17) is 27.2 Å². The second-order valence-electron chi connectivity index (χ2n) is 8.35. The second kappa shape index (κ2) is 11.0. The molecule has 1 aliphatic heterocycles. The van der Waals surface area contributed by atoms with Gasteiger partial charge in [0.15, 0.2) is 0 Å². The fourth-order valence-corrected chi connectivity index (χ4v) is 4.93. The molecule has 0 fully saturated rings. The lowest BCUT2D eigenvalue weighted by molar-refractivity contribution is -0.118. The summed E-state index contributed by atoms with van der Waals surface area (Å²) in [5.41, 5.74) is 7.94. The highest BCUT2D eigenvalue weighted by molar-refractivity contribution is 7.90. The van der Waals surface area contributed by atoms with Crippen LogP contribution in [0.2, 0.25) is 5.02 Å². The summed E-state index contributed by atoms with van der Waals surface area (Å²) in [6.45, 7) is 1.76. The van der Waals surface area contributed by atoms with Crippen LogP contribution in [0.15, 0.2) is 93.9 Å². The predicted octanol–water partition coefficient (Wildman–Crippen LogP) is 3.36. The van der Waals surface area contributed by atoms with Gasteiger partial charge in [0.25, 0.3) is 10.0 Å². The summed E-state index contributed by atoms with van der Waals surface area (Å²) >= 11 is 6.09. The molecule has 9 nitrogen and oxygen atoms in total. The van der Waals surface area contributed by atoms with Crippen molar-refractivity contribution >= 4 is 39.2 Å². The van der Waals surface area contributed by atoms with Crippen molar-refractivity contribution in [2.75, 3.05) is 13.7 Å². The first kappa shape index (κ1) is 26.2. The third-order valence-electron chi connectivity index (χ3n) is 5.82. The van der Waals surface area contributed by atoms with Crippen LogP contribution in [0, 0.1) is 0 Å². The third kappa shape index (κ3) is 6.10. The number of aliphatic imine (C=N–C) groups is 1. The van der Waals surface area contributed by atoms with Crippen LogP contribution in [0.4, 0.5) is 0 Å². The third-order valence-corrected chi connectivity index (χ3v) is 7.42. The number of rotatable bonds is 7. The summed E-state index contributed by atoms with van der Waals surface area (Å²) in [4.78, 5) is 16.1. The monoisotopic (exact) mass is 539 g/mol. The molecule has 1 amide bonds. The lowest BCUT2D eigenvalue weighted by Crippen LogP contribution is -2.43. The Morgan fingerprint density at radius 1 is 1.11 bits per heavy atom. The summed E-state index contributed by atoms with van der Waals surface area (Å²) in [5.74, 6) is -0.520. The lowest BCUT2D eigenvalue weighted by Gasteiger charge is -2.20. The zero-order valence-corrected chi connectivity index (χ0v) is 21.8. The number of amides is 1. The van der Waals surface area contributed by atoms with Crippen LogP contribution in [0.5, 0.6) is 5.75 Å². The second-order valence-corrected chi connectivity index (χ2v) is 10.5. The molecule has 2 unspecified atom stereocenters. The van der Waals surface area contributed by atoms with Crippen LogP contribution < -0.4 is 15.2 Å². The fourth-order valence-electron chi connectivity index (χ4n) is 3.79. The van der Waals surface area contributed by atoms with Gasteiger partial charge in [0.1, 0.15) is 11.8 Å². The van der Waals surface area contributed by atoms with Gasteiger partial charge in [-0.2, -0.15) is 5.10 Å². The van der Waals surface area contributed by atoms with Crippen LogP contribution >= 0.6 is 11.6 Å². The van der Waals surface area contributed by atoms with Crippen molar-refractivity contribution in [3.8, 4) is 5.75 Å². The zero-order valence-electron chi connectivity index (χ0n) is 20.2. The molecule has 1 heterocycles.